The molecule has 90 valence electrons. The maximum absolute atomic E-state index is 11.5. The summed E-state index contributed by atoms with van der Waals surface area (Å²) in [5.41, 5.74) is 1.18. The van der Waals surface area contributed by atoms with E-state index in [1.807, 2.05) is 0 Å². The summed E-state index contributed by atoms with van der Waals surface area (Å²) in [6, 6.07) is 3.30. The average Bonchev–Trinajstić information content (AvgIpc) is 2.71. The number of carbonyl (C=O) groups is 2. The van der Waals surface area contributed by atoms with E-state index in [9.17, 15) is 9.59 Å². The number of ketones is 1. The highest BCUT2D eigenvalue weighted by atomic mass is 16.7. The van der Waals surface area contributed by atoms with Crippen LogP contribution >= 0.6 is 0 Å². The van der Waals surface area contributed by atoms with Crippen LogP contribution in [0.5, 0.6) is 11.5 Å². The van der Waals surface area contributed by atoms with Gasteiger partial charge in [-0.05, 0) is 31.0 Å². The number of fused-ring (bicyclic) bond motifs is 1. The van der Waals surface area contributed by atoms with Gasteiger partial charge in [0.15, 0.2) is 17.3 Å². The molecule has 1 aromatic carbocycles. The number of benzene rings is 1. The first-order valence-corrected chi connectivity index (χ1v) is 5.23. The van der Waals surface area contributed by atoms with Crippen molar-refractivity contribution < 1.29 is 24.2 Å². The van der Waals surface area contributed by atoms with Crippen molar-refractivity contribution in [2.75, 3.05) is 6.79 Å². The van der Waals surface area contributed by atoms with Crippen molar-refractivity contribution in [3.05, 3.63) is 23.3 Å². The van der Waals surface area contributed by atoms with Gasteiger partial charge in [-0.15, -0.1) is 0 Å². The molecule has 17 heavy (non-hydrogen) atoms. The van der Waals surface area contributed by atoms with E-state index in [-0.39, 0.29) is 19.0 Å². The van der Waals surface area contributed by atoms with E-state index in [0.717, 1.165) is 0 Å². The Morgan fingerprint density at radius 2 is 1.94 bits per heavy atom. The monoisotopic (exact) mass is 236 g/mol. The van der Waals surface area contributed by atoms with Gasteiger partial charge in [0.2, 0.25) is 6.79 Å². The average molecular weight is 236 g/mol. The maximum atomic E-state index is 11.5. The highest BCUT2D eigenvalue weighted by Gasteiger charge is 2.19. The van der Waals surface area contributed by atoms with Crippen LogP contribution in [0.3, 0.4) is 0 Å². The second-order valence-corrected chi connectivity index (χ2v) is 3.81. The first-order valence-electron chi connectivity index (χ1n) is 5.23. The molecule has 0 unspecified atom stereocenters. The Balaban J connectivity index is 2.34. The minimum atomic E-state index is -0.892. The first kappa shape index (κ1) is 11.4. The summed E-state index contributed by atoms with van der Waals surface area (Å²) < 4.78 is 10.4. The number of carboxylic acid groups (broad SMARTS) is 1. The summed E-state index contributed by atoms with van der Waals surface area (Å²) in [6.45, 7) is 1.58. The van der Waals surface area contributed by atoms with E-state index < -0.39 is 5.97 Å². The summed E-state index contributed by atoms with van der Waals surface area (Å²) in [4.78, 5) is 22.0. The molecule has 1 N–H and O–H groups in total. The first-order chi connectivity index (χ1) is 8.08. The number of rotatable bonds is 4. The summed E-state index contributed by atoms with van der Waals surface area (Å²) in [5, 5.41) is 8.66. The summed E-state index contributed by atoms with van der Waals surface area (Å²) in [7, 11) is 0. The van der Waals surface area contributed by atoms with Crippen LogP contribution in [0.1, 0.15) is 29.3 Å². The molecule has 0 atom stereocenters. The number of hydrogen-bond acceptors (Lipinski definition) is 4. The standard InChI is InChI=1S/C12H12O5/c1-7(13)9-5-11-10(16-6-17-11)4-8(9)2-3-12(14)15/h4-5H,2-3,6H2,1H3,(H,14,15). The van der Waals surface area contributed by atoms with Crippen molar-refractivity contribution >= 4 is 11.8 Å². The lowest BCUT2D eigenvalue weighted by Crippen LogP contribution is -2.03. The molecule has 2 rings (SSSR count). The number of ether oxygens (including phenoxy) is 2. The normalized spacial score (nSPS) is 12.5. The Morgan fingerprint density at radius 3 is 2.53 bits per heavy atom. The molecule has 0 bridgehead atoms. The molecular weight excluding hydrogens is 224 g/mol. The van der Waals surface area contributed by atoms with E-state index in [0.29, 0.717) is 29.0 Å². The Hall–Kier alpha value is -2.04. The van der Waals surface area contributed by atoms with Gasteiger partial charge in [0.05, 0.1) is 0 Å². The predicted octanol–water partition coefficient (Wildman–Crippen LogP) is 1.64. The predicted molar refractivity (Wildman–Crippen MR) is 58.5 cm³/mol. The molecule has 1 aliphatic rings. The van der Waals surface area contributed by atoms with Gasteiger partial charge < -0.3 is 14.6 Å². The van der Waals surface area contributed by atoms with Crippen LogP contribution < -0.4 is 9.47 Å². The zero-order valence-electron chi connectivity index (χ0n) is 9.36. The molecule has 0 spiro atoms. The fraction of sp³-hybridized carbons (Fsp3) is 0.333. The number of aryl methyl sites for hydroxylation is 1. The largest absolute Gasteiger partial charge is 0.481 e. The second kappa shape index (κ2) is 4.45. The summed E-state index contributed by atoms with van der Waals surface area (Å²) >= 11 is 0. The second-order valence-electron chi connectivity index (χ2n) is 3.81. The third kappa shape index (κ3) is 2.38. The minimum absolute atomic E-state index is 0.0140. The molecule has 1 aliphatic heterocycles. The van der Waals surface area contributed by atoms with E-state index >= 15 is 0 Å². The Morgan fingerprint density at radius 1 is 1.29 bits per heavy atom. The number of hydrogen-bond donors (Lipinski definition) is 1. The number of Topliss-reactive ketones (excluding diaryl/α,β-unsaturated/α-hetero) is 1. The molecule has 0 aromatic heterocycles. The van der Waals surface area contributed by atoms with Crippen molar-refractivity contribution in [3.8, 4) is 11.5 Å². The number of aliphatic carboxylic acids is 1. The highest BCUT2D eigenvalue weighted by molar-refractivity contribution is 5.96. The topological polar surface area (TPSA) is 72.8 Å². The highest BCUT2D eigenvalue weighted by Crippen LogP contribution is 2.35. The molecule has 0 radical (unpaired) electrons. The molecule has 0 saturated carbocycles. The SMILES string of the molecule is CC(=O)c1cc2c(cc1CCC(=O)O)OCO2. The van der Waals surface area contributed by atoms with Gasteiger partial charge in [-0.2, -0.15) is 0 Å². The fourth-order valence-corrected chi connectivity index (χ4v) is 1.76. The van der Waals surface area contributed by atoms with E-state index in [1.165, 1.54) is 6.92 Å². The quantitative estimate of drug-likeness (QED) is 0.804. The van der Waals surface area contributed by atoms with Crippen molar-refractivity contribution in [2.45, 2.75) is 19.8 Å². The van der Waals surface area contributed by atoms with Gasteiger partial charge in [-0.1, -0.05) is 0 Å². The number of carboxylic acids is 1. The van der Waals surface area contributed by atoms with Gasteiger partial charge in [-0.3, -0.25) is 9.59 Å². The van der Waals surface area contributed by atoms with Gasteiger partial charge in [0.1, 0.15) is 0 Å². The lowest BCUT2D eigenvalue weighted by molar-refractivity contribution is -0.136. The van der Waals surface area contributed by atoms with Gasteiger partial charge in [-0.25, -0.2) is 0 Å². The van der Waals surface area contributed by atoms with Crippen LogP contribution in [0.15, 0.2) is 12.1 Å². The molecule has 5 heteroatoms. The van der Waals surface area contributed by atoms with E-state index in [4.69, 9.17) is 14.6 Å². The third-order valence-corrected chi connectivity index (χ3v) is 2.59. The smallest absolute Gasteiger partial charge is 0.303 e. The minimum Gasteiger partial charge on any atom is -0.481 e. The van der Waals surface area contributed by atoms with Crippen LogP contribution in [0.25, 0.3) is 0 Å². The Labute approximate surface area is 98.0 Å². The molecule has 5 nitrogen and oxygen atoms in total. The van der Waals surface area contributed by atoms with Crippen LogP contribution in [-0.2, 0) is 11.2 Å². The van der Waals surface area contributed by atoms with Crippen molar-refractivity contribution in [2.24, 2.45) is 0 Å². The van der Waals surface area contributed by atoms with Gasteiger partial charge >= 0.3 is 5.97 Å². The van der Waals surface area contributed by atoms with Crippen molar-refractivity contribution in [3.63, 3.8) is 0 Å². The molecule has 0 amide bonds. The fourth-order valence-electron chi connectivity index (χ4n) is 1.76. The lowest BCUT2D eigenvalue weighted by Gasteiger charge is -2.07. The number of carbonyl (C=O) groups excluding carboxylic acids is 1. The zero-order valence-corrected chi connectivity index (χ0v) is 9.36. The molecule has 1 heterocycles. The van der Waals surface area contributed by atoms with Crippen molar-refractivity contribution in [1.82, 2.24) is 0 Å². The van der Waals surface area contributed by atoms with Gasteiger partial charge in [0.25, 0.3) is 0 Å². The van der Waals surface area contributed by atoms with Gasteiger partial charge in [0, 0.05) is 12.0 Å². The van der Waals surface area contributed by atoms with Crippen LogP contribution in [0, 0.1) is 0 Å². The summed E-state index contributed by atoms with van der Waals surface area (Å²) in [5.74, 6) is 0.102. The molecule has 1 aromatic rings. The van der Waals surface area contributed by atoms with E-state index in [1.54, 1.807) is 12.1 Å². The Kier molecular flexibility index (Phi) is 2.99. The molecule has 0 fully saturated rings. The zero-order chi connectivity index (χ0) is 12.4. The van der Waals surface area contributed by atoms with Crippen LogP contribution in [0.2, 0.25) is 0 Å². The maximum Gasteiger partial charge on any atom is 0.303 e. The molecular formula is C12H12O5. The third-order valence-electron chi connectivity index (χ3n) is 2.59. The molecule has 0 aliphatic carbocycles. The van der Waals surface area contributed by atoms with E-state index in [2.05, 4.69) is 0 Å². The lowest BCUT2D eigenvalue weighted by atomic mass is 9.99. The Bertz CT molecular complexity index is 478. The molecule has 0 saturated heterocycles. The van der Waals surface area contributed by atoms with Crippen molar-refractivity contribution in [1.29, 1.82) is 0 Å². The summed E-state index contributed by atoms with van der Waals surface area (Å²) in [6.07, 6.45) is 0.292. The van der Waals surface area contributed by atoms with Crippen LogP contribution in [0.4, 0.5) is 0 Å². The van der Waals surface area contributed by atoms with Crippen LogP contribution in [-0.4, -0.2) is 23.7 Å².